The average Bonchev–Trinajstić information content (AvgIpc) is 2.89. The molecule has 0 unspecified atom stereocenters. The molecule has 2 rings (SSSR count). The normalized spacial score (nSPS) is 21.7. The molecule has 0 aliphatic heterocycles. The first-order chi connectivity index (χ1) is 8.18. The van der Waals surface area contributed by atoms with Crippen LogP contribution in [0, 0.1) is 17.8 Å². The van der Waals surface area contributed by atoms with Crippen molar-refractivity contribution in [1.82, 2.24) is 0 Å². The van der Waals surface area contributed by atoms with Gasteiger partial charge in [0.05, 0.1) is 0 Å². The van der Waals surface area contributed by atoms with Crippen molar-refractivity contribution >= 4 is 0 Å². The molecule has 0 saturated heterocycles. The highest BCUT2D eigenvalue weighted by Crippen LogP contribution is 2.53. The lowest BCUT2D eigenvalue weighted by Crippen LogP contribution is -2.42. The molecule has 1 nitrogen and oxygen atoms in total. The Bertz CT molecular complexity index is 409. The molecule has 0 spiro atoms. The Morgan fingerprint density at radius 3 is 2.35 bits per heavy atom. The molecule has 1 N–H and O–H groups in total. The van der Waals surface area contributed by atoms with Crippen LogP contribution in [-0.2, 0) is 5.60 Å². The summed E-state index contributed by atoms with van der Waals surface area (Å²) in [6.45, 7) is 2.14. The molecule has 1 aromatic rings. The van der Waals surface area contributed by atoms with Gasteiger partial charge in [0.2, 0.25) is 0 Å². The zero-order valence-electron chi connectivity index (χ0n) is 10.4. The first-order valence-electron chi connectivity index (χ1n) is 6.44. The van der Waals surface area contributed by atoms with Crippen molar-refractivity contribution in [3.05, 3.63) is 35.9 Å². The Labute approximate surface area is 104 Å². The summed E-state index contributed by atoms with van der Waals surface area (Å²) >= 11 is 0. The Hall–Kier alpha value is -1.26. The van der Waals surface area contributed by atoms with Gasteiger partial charge >= 0.3 is 0 Å². The van der Waals surface area contributed by atoms with E-state index in [9.17, 15) is 5.11 Å². The average molecular weight is 228 g/mol. The summed E-state index contributed by atoms with van der Waals surface area (Å²) in [5.74, 6) is 2.68. The fourth-order valence-electron chi connectivity index (χ4n) is 3.24. The lowest BCUT2D eigenvalue weighted by Gasteiger charge is -2.41. The summed E-state index contributed by atoms with van der Waals surface area (Å²) in [4.78, 5) is 0. The molecule has 0 bridgehead atoms. The van der Waals surface area contributed by atoms with Gasteiger partial charge < -0.3 is 5.11 Å². The van der Waals surface area contributed by atoms with Gasteiger partial charge in [-0.2, -0.15) is 0 Å². The van der Waals surface area contributed by atoms with E-state index < -0.39 is 5.60 Å². The second-order valence-corrected chi connectivity index (χ2v) is 5.06. The van der Waals surface area contributed by atoms with Crippen molar-refractivity contribution in [3.63, 3.8) is 0 Å². The third-order valence-corrected chi connectivity index (χ3v) is 4.41. The van der Waals surface area contributed by atoms with Crippen molar-refractivity contribution in [3.8, 4) is 12.3 Å². The van der Waals surface area contributed by atoms with Crippen molar-refractivity contribution in [2.45, 2.75) is 44.6 Å². The van der Waals surface area contributed by atoms with E-state index in [2.05, 4.69) is 12.8 Å². The van der Waals surface area contributed by atoms with Gasteiger partial charge in [-0.3, -0.25) is 0 Å². The molecule has 17 heavy (non-hydrogen) atoms. The maximum absolute atomic E-state index is 11.0. The van der Waals surface area contributed by atoms with Gasteiger partial charge in [-0.05, 0) is 24.8 Å². The van der Waals surface area contributed by atoms with Gasteiger partial charge in [0.1, 0.15) is 0 Å². The molecule has 1 aliphatic rings. The van der Waals surface area contributed by atoms with E-state index in [0.717, 1.165) is 24.8 Å². The number of aliphatic hydroxyl groups is 1. The van der Waals surface area contributed by atoms with Crippen LogP contribution in [0.2, 0.25) is 0 Å². The number of terminal acetylenes is 1. The monoisotopic (exact) mass is 228 g/mol. The summed E-state index contributed by atoms with van der Waals surface area (Å²) < 4.78 is 0. The smallest absolute Gasteiger partial charge is 0.156 e. The third-order valence-electron chi connectivity index (χ3n) is 4.41. The molecule has 0 heterocycles. The second kappa shape index (κ2) is 4.55. The van der Waals surface area contributed by atoms with E-state index in [1.54, 1.807) is 0 Å². The van der Waals surface area contributed by atoms with Gasteiger partial charge in [-0.1, -0.05) is 56.0 Å². The molecule has 1 aliphatic carbocycles. The minimum Gasteiger partial charge on any atom is -0.373 e. The summed E-state index contributed by atoms with van der Waals surface area (Å²) in [6, 6.07) is 9.71. The van der Waals surface area contributed by atoms with Gasteiger partial charge in [0.15, 0.2) is 5.60 Å². The largest absolute Gasteiger partial charge is 0.373 e. The van der Waals surface area contributed by atoms with Crippen LogP contribution < -0.4 is 0 Å². The van der Waals surface area contributed by atoms with Gasteiger partial charge in [0, 0.05) is 5.41 Å². The minimum atomic E-state index is -1.11. The summed E-state index contributed by atoms with van der Waals surface area (Å²) in [6.07, 6.45) is 11.0. The molecular weight excluding hydrogens is 208 g/mol. The van der Waals surface area contributed by atoms with Gasteiger partial charge in [-0.25, -0.2) is 0 Å². The summed E-state index contributed by atoms with van der Waals surface area (Å²) in [7, 11) is 0. The van der Waals surface area contributed by atoms with Crippen LogP contribution >= 0.6 is 0 Å². The molecule has 1 atom stereocenters. The number of hydrogen-bond acceptors (Lipinski definition) is 1. The van der Waals surface area contributed by atoms with Crippen LogP contribution in [0.25, 0.3) is 0 Å². The molecule has 90 valence electrons. The lowest BCUT2D eigenvalue weighted by molar-refractivity contribution is -0.0420. The molecule has 0 aromatic heterocycles. The standard InChI is InChI=1S/C16H20O/c1-3-15(12-8-9-13-15)16(17,4-2)14-10-6-5-7-11-14/h2,5-7,10-11,17H,3,8-9,12-13H2,1H3/t16-/m0/s1. The molecule has 1 fully saturated rings. The molecule has 0 amide bonds. The predicted molar refractivity (Wildman–Crippen MR) is 70.4 cm³/mol. The second-order valence-electron chi connectivity index (χ2n) is 5.06. The number of hydrogen-bond donors (Lipinski definition) is 1. The number of rotatable bonds is 3. The van der Waals surface area contributed by atoms with Crippen molar-refractivity contribution in [2.75, 3.05) is 0 Å². The van der Waals surface area contributed by atoms with Crippen LogP contribution in [0.15, 0.2) is 30.3 Å². The predicted octanol–water partition coefficient (Wildman–Crippen LogP) is 3.48. The van der Waals surface area contributed by atoms with Crippen molar-refractivity contribution < 1.29 is 5.11 Å². The summed E-state index contributed by atoms with van der Waals surface area (Å²) in [5, 5.41) is 11.0. The Morgan fingerprint density at radius 2 is 1.88 bits per heavy atom. The highest BCUT2D eigenvalue weighted by atomic mass is 16.3. The van der Waals surface area contributed by atoms with E-state index in [1.165, 1.54) is 12.8 Å². The van der Waals surface area contributed by atoms with Gasteiger partial charge in [0.25, 0.3) is 0 Å². The molecule has 0 radical (unpaired) electrons. The van der Waals surface area contributed by atoms with Gasteiger partial charge in [-0.15, -0.1) is 6.42 Å². The zero-order valence-corrected chi connectivity index (χ0v) is 10.4. The Kier molecular flexibility index (Phi) is 3.26. The van der Waals surface area contributed by atoms with E-state index in [4.69, 9.17) is 6.42 Å². The topological polar surface area (TPSA) is 20.2 Å². The van der Waals surface area contributed by atoms with Crippen LogP contribution in [0.4, 0.5) is 0 Å². The Morgan fingerprint density at radius 1 is 1.29 bits per heavy atom. The number of benzene rings is 1. The molecular formula is C16H20O. The van der Waals surface area contributed by atoms with E-state index in [1.807, 2.05) is 30.3 Å². The molecule has 1 aromatic carbocycles. The van der Waals surface area contributed by atoms with Crippen molar-refractivity contribution in [1.29, 1.82) is 0 Å². The first-order valence-corrected chi connectivity index (χ1v) is 6.44. The lowest BCUT2D eigenvalue weighted by atomic mass is 9.66. The van der Waals surface area contributed by atoms with E-state index in [0.29, 0.717) is 0 Å². The maximum atomic E-state index is 11.0. The van der Waals surface area contributed by atoms with Crippen LogP contribution in [-0.4, -0.2) is 5.11 Å². The van der Waals surface area contributed by atoms with Crippen LogP contribution in [0.3, 0.4) is 0 Å². The maximum Gasteiger partial charge on any atom is 0.156 e. The molecule has 1 heteroatoms. The fourth-order valence-corrected chi connectivity index (χ4v) is 3.24. The Balaban J connectivity index is 2.48. The van der Waals surface area contributed by atoms with E-state index in [-0.39, 0.29) is 5.41 Å². The quantitative estimate of drug-likeness (QED) is 0.785. The highest BCUT2D eigenvalue weighted by Gasteiger charge is 2.50. The summed E-state index contributed by atoms with van der Waals surface area (Å²) in [5.41, 5.74) is -0.381. The van der Waals surface area contributed by atoms with Crippen LogP contribution in [0.1, 0.15) is 44.6 Å². The van der Waals surface area contributed by atoms with Crippen molar-refractivity contribution in [2.24, 2.45) is 5.41 Å². The fraction of sp³-hybridized carbons (Fsp3) is 0.500. The van der Waals surface area contributed by atoms with Crippen LogP contribution in [0.5, 0.6) is 0 Å². The highest BCUT2D eigenvalue weighted by molar-refractivity contribution is 5.34. The first kappa shape index (κ1) is 12.2. The minimum absolute atomic E-state index is 0.136. The van der Waals surface area contributed by atoms with E-state index >= 15 is 0 Å². The third kappa shape index (κ3) is 1.77. The SMILES string of the molecule is C#C[C@](O)(c1ccccc1)C1(CC)CCCC1. The molecule has 1 saturated carbocycles. The zero-order chi connectivity index (χ0) is 12.4.